The molecule has 1 aromatic rings. The van der Waals surface area contributed by atoms with E-state index in [4.69, 9.17) is 14.2 Å². The van der Waals surface area contributed by atoms with E-state index in [-0.39, 0.29) is 6.10 Å². The highest BCUT2D eigenvalue weighted by Gasteiger charge is 2.15. The smallest absolute Gasteiger partial charge is 0.212 e. The lowest BCUT2D eigenvalue weighted by Crippen LogP contribution is -2.37. The fourth-order valence-corrected chi connectivity index (χ4v) is 2.22. The van der Waals surface area contributed by atoms with Gasteiger partial charge in [-0.2, -0.15) is 0 Å². The third kappa shape index (κ3) is 6.42. The van der Waals surface area contributed by atoms with Gasteiger partial charge in [-0.1, -0.05) is 6.07 Å². The number of pyridine rings is 1. The van der Waals surface area contributed by atoms with Crippen LogP contribution in [0.25, 0.3) is 0 Å². The maximum Gasteiger partial charge on any atom is 0.212 e. The van der Waals surface area contributed by atoms with E-state index in [0.29, 0.717) is 12.4 Å². The van der Waals surface area contributed by atoms with Crippen molar-refractivity contribution in [2.24, 2.45) is 4.99 Å². The molecule has 7 nitrogen and oxygen atoms in total. The molecule has 7 heteroatoms. The maximum absolute atomic E-state index is 5.72. The summed E-state index contributed by atoms with van der Waals surface area (Å²) < 4.78 is 16.0. The number of aromatic nitrogens is 1. The molecule has 1 aliphatic rings. The largest absolute Gasteiger partial charge is 0.481 e. The fourth-order valence-electron chi connectivity index (χ4n) is 2.22. The van der Waals surface area contributed by atoms with Crippen LogP contribution < -0.4 is 15.4 Å². The van der Waals surface area contributed by atoms with Crippen LogP contribution in [0.15, 0.2) is 23.3 Å². The van der Waals surface area contributed by atoms with E-state index in [1.165, 1.54) is 0 Å². The Morgan fingerprint density at radius 2 is 2.35 bits per heavy atom. The average Bonchev–Trinajstić information content (AvgIpc) is 3.11. The second-order valence-corrected chi connectivity index (χ2v) is 5.27. The quantitative estimate of drug-likeness (QED) is 0.422. The van der Waals surface area contributed by atoms with Gasteiger partial charge in [0.25, 0.3) is 0 Å². The van der Waals surface area contributed by atoms with Gasteiger partial charge in [-0.25, -0.2) is 4.98 Å². The van der Waals surface area contributed by atoms with Crippen molar-refractivity contribution in [2.45, 2.75) is 25.5 Å². The maximum atomic E-state index is 5.72. The Labute approximate surface area is 137 Å². The molecule has 1 fully saturated rings. The zero-order valence-corrected chi connectivity index (χ0v) is 13.9. The number of nitrogens with one attached hydrogen (secondary N) is 2. The van der Waals surface area contributed by atoms with Crippen LogP contribution in [0.3, 0.4) is 0 Å². The summed E-state index contributed by atoms with van der Waals surface area (Å²) >= 11 is 0. The van der Waals surface area contributed by atoms with Crippen molar-refractivity contribution in [3.8, 4) is 5.88 Å². The van der Waals surface area contributed by atoms with Crippen molar-refractivity contribution in [1.82, 2.24) is 15.6 Å². The van der Waals surface area contributed by atoms with Crippen molar-refractivity contribution in [1.29, 1.82) is 0 Å². The summed E-state index contributed by atoms with van der Waals surface area (Å²) in [5, 5.41) is 6.52. The van der Waals surface area contributed by atoms with Crippen molar-refractivity contribution in [2.75, 3.05) is 40.5 Å². The second kappa shape index (κ2) is 10.0. The standard InChI is InChI=1S/C16H26N4O3/c1-17-16(18-7-3-8-23-14-6-9-22-12-14)20-11-13-4-5-15(21-2)19-10-13/h4-5,10,14H,3,6-9,11-12H2,1-2H3,(H2,17,18,20). The van der Waals surface area contributed by atoms with E-state index in [1.807, 2.05) is 12.1 Å². The molecule has 0 saturated carbocycles. The molecule has 0 spiro atoms. The molecule has 0 amide bonds. The molecule has 2 rings (SSSR count). The van der Waals surface area contributed by atoms with Crippen LogP contribution in [0.2, 0.25) is 0 Å². The minimum absolute atomic E-state index is 0.273. The summed E-state index contributed by atoms with van der Waals surface area (Å²) in [6.45, 7) is 3.76. The van der Waals surface area contributed by atoms with E-state index >= 15 is 0 Å². The molecule has 1 aliphatic heterocycles. The van der Waals surface area contributed by atoms with Gasteiger partial charge in [0.05, 0.1) is 19.8 Å². The van der Waals surface area contributed by atoms with Crippen LogP contribution in [0, 0.1) is 0 Å². The number of hydrogen-bond donors (Lipinski definition) is 2. The average molecular weight is 322 g/mol. The number of methoxy groups -OCH3 is 1. The van der Waals surface area contributed by atoms with E-state index in [9.17, 15) is 0 Å². The van der Waals surface area contributed by atoms with E-state index in [0.717, 1.165) is 50.7 Å². The van der Waals surface area contributed by atoms with Crippen molar-refractivity contribution in [3.63, 3.8) is 0 Å². The number of nitrogens with zero attached hydrogens (tertiary/aromatic N) is 2. The molecule has 0 radical (unpaired) electrons. The minimum Gasteiger partial charge on any atom is -0.481 e. The number of hydrogen-bond acceptors (Lipinski definition) is 5. The predicted octanol–water partition coefficient (Wildman–Crippen LogP) is 0.951. The van der Waals surface area contributed by atoms with Gasteiger partial charge in [-0.05, 0) is 18.4 Å². The normalized spacial score (nSPS) is 18.0. The first kappa shape index (κ1) is 17.5. The molecule has 0 aromatic carbocycles. The van der Waals surface area contributed by atoms with Crippen LogP contribution in [0.4, 0.5) is 0 Å². The van der Waals surface area contributed by atoms with Gasteiger partial charge in [0, 0.05) is 45.6 Å². The van der Waals surface area contributed by atoms with Gasteiger partial charge < -0.3 is 24.8 Å². The Morgan fingerprint density at radius 1 is 1.43 bits per heavy atom. The van der Waals surface area contributed by atoms with Gasteiger partial charge in [0.2, 0.25) is 5.88 Å². The molecule has 1 saturated heterocycles. The lowest BCUT2D eigenvalue weighted by molar-refractivity contribution is 0.0420. The molecule has 2 N–H and O–H groups in total. The SMILES string of the molecule is CN=C(NCCCOC1CCOC1)NCc1ccc(OC)nc1. The third-order valence-corrected chi connectivity index (χ3v) is 3.55. The highest BCUT2D eigenvalue weighted by Crippen LogP contribution is 2.08. The number of ether oxygens (including phenoxy) is 3. The van der Waals surface area contributed by atoms with Crippen LogP contribution >= 0.6 is 0 Å². The Balaban J connectivity index is 1.58. The molecule has 1 aromatic heterocycles. The van der Waals surface area contributed by atoms with Crippen LogP contribution in [0.5, 0.6) is 5.88 Å². The number of rotatable bonds is 8. The second-order valence-electron chi connectivity index (χ2n) is 5.27. The highest BCUT2D eigenvalue weighted by atomic mass is 16.5. The van der Waals surface area contributed by atoms with Gasteiger partial charge in [0.15, 0.2) is 5.96 Å². The lowest BCUT2D eigenvalue weighted by atomic mass is 10.3. The molecule has 23 heavy (non-hydrogen) atoms. The highest BCUT2D eigenvalue weighted by molar-refractivity contribution is 5.79. The van der Waals surface area contributed by atoms with Crippen molar-refractivity contribution in [3.05, 3.63) is 23.9 Å². The summed E-state index contributed by atoms with van der Waals surface area (Å²) in [5.41, 5.74) is 1.07. The van der Waals surface area contributed by atoms with Crippen LogP contribution in [-0.4, -0.2) is 57.6 Å². The van der Waals surface area contributed by atoms with Gasteiger partial charge >= 0.3 is 0 Å². The molecule has 0 bridgehead atoms. The number of guanidine groups is 1. The first-order chi connectivity index (χ1) is 11.3. The van der Waals surface area contributed by atoms with E-state index in [1.54, 1.807) is 20.4 Å². The molecule has 2 heterocycles. The fraction of sp³-hybridized carbons (Fsp3) is 0.625. The summed E-state index contributed by atoms with van der Waals surface area (Å²) in [5.74, 6) is 1.38. The third-order valence-electron chi connectivity index (χ3n) is 3.55. The van der Waals surface area contributed by atoms with Crippen molar-refractivity contribution >= 4 is 5.96 Å². The zero-order valence-electron chi connectivity index (χ0n) is 13.9. The topological polar surface area (TPSA) is 77.0 Å². The molecular formula is C16H26N4O3. The number of aliphatic imine (C=N–C) groups is 1. The van der Waals surface area contributed by atoms with Crippen LogP contribution in [0.1, 0.15) is 18.4 Å². The molecule has 1 unspecified atom stereocenters. The van der Waals surface area contributed by atoms with Crippen molar-refractivity contribution < 1.29 is 14.2 Å². The minimum atomic E-state index is 0.273. The molecule has 128 valence electrons. The monoisotopic (exact) mass is 322 g/mol. The molecular weight excluding hydrogens is 296 g/mol. The molecule has 0 aliphatic carbocycles. The summed E-state index contributed by atoms with van der Waals surface area (Å²) in [4.78, 5) is 8.38. The zero-order chi connectivity index (χ0) is 16.3. The Kier molecular flexibility index (Phi) is 7.62. The van der Waals surface area contributed by atoms with Gasteiger partial charge in [0.1, 0.15) is 0 Å². The summed E-state index contributed by atoms with van der Waals surface area (Å²) in [6, 6.07) is 3.82. The lowest BCUT2D eigenvalue weighted by Gasteiger charge is -2.13. The predicted molar refractivity (Wildman–Crippen MR) is 88.8 cm³/mol. The van der Waals surface area contributed by atoms with Gasteiger partial charge in [-0.3, -0.25) is 4.99 Å². The first-order valence-electron chi connectivity index (χ1n) is 7.94. The Hall–Kier alpha value is -1.86. The summed E-state index contributed by atoms with van der Waals surface area (Å²) in [7, 11) is 3.36. The van der Waals surface area contributed by atoms with Crippen LogP contribution in [-0.2, 0) is 16.0 Å². The van der Waals surface area contributed by atoms with E-state index < -0.39 is 0 Å². The van der Waals surface area contributed by atoms with E-state index in [2.05, 4.69) is 20.6 Å². The summed E-state index contributed by atoms with van der Waals surface area (Å²) in [6.07, 6.45) is 4.00. The first-order valence-corrected chi connectivity index (χ1v) is 7.94. The Morgan fingerprint density at radius 3 is 3.00 bits per heavy atom. The Bertz CT molecular complexity index is 473. The molecule has 1 atom stereocenters. The van der Waals surface area contributed by atoms with Gasteiger partial charge in [-0.15, -0.1) is 0 Å².